The van der Waals surface area contributed by atoms with Gasteiger partial charge in [0.15, 0.2) is 5.16 Å². The van der Waals surface area contributed by atoms with E-state index in [4.69, 9.17) is 0 Å². The number of benzene rings is 1. The number of hydrogen-bond donors (Lipinski definition) is 1. The molecular formula is C14H20N4S. The van der Waals surface area contributed by atoms with E-state index in [1.54, 1.807) is 18.1 Å². The molecule has 0 radical (unpaired) electrons. The van der Waals surface area contributed by atoms with Crippen LogP contribution < -0.4 is 5.32 Å². The summed E-state index contributed by atoms with van der Waals surface area (Å²) < 4.78 is 1.93. The van der Waals surface area contributed by atoms with Gasteiger partial charge in [-0.25, -0.2) is 0 Å². The average Bonchev–Trinajstić information content (AvgIpc) is 2.79. The van der Waals surface area contributed by atoms with Crippen molar-refractivity contribution in [2.75, 3.05) is 6.54 Å². The molecule has 0 amide bonds. The highest BCUT2D eigenvalue weighted by molar-refractivity contribution is 7.99. The normalized spacial score (nSPS) is 10.9. The lowest BCUT2D eigenvalue weighted by molar-refractivity contribution is 0.675. The van der Waals surface area contributed by atoms with Crippen molar-refractivity contribution in [3.63, 3.8) is 0 Å². The van der Waals surface area contributed by atoms with Crippen LogP contribution in [0.15, 0.2) is 34.6 Å². The summed E-state index contributed by atoms with van der Waals surface area (Å²) in [6.45, 7) is 6.32. The molecule has 0 unspecified atom stereocenters. The van der Waals surface area contributed by atoms with Gasteiger partial charge in [0.05, 0.1) is 0 Å². The molecule has 2 rings (SSSR count). The molecule has 0 aliphatic rings. The number of hydrogen-bond acceptors (Lipinski definition) is 4. The van der Waals surface area contributed by atoms with Crippen molar-refractivity contribution < 1.29 is 0 Å². The predicted octanol–water partition coefficient (Wildman–Crippen LogP) is 2.77. The van der Waals surface area contributed by atoms with Gasteiger partial charge in [-0.15, -0.1) is 10.2 Å². The van der Waals surface area contributed by atoms with Gasteiger partial charge in [-0.2, -0.15) is 0 Å². The molecule has 1 heterocycles. The lowest BCUT2D eigenvalue weighted by Gasteiger charge is -2.08. The molecule has 0 saturated carbocycles. The van der Waals surface area contributed by atoms with Crippen LogP contribution in [0.3, 0.4) is 0 Å². The molecule has 0 aliphatic heterocycles. The molecule has 0 atom stereocenters. The highest BCUT2D eigenvalue weighted by Gasteiger charge is 2.06. The molecule has 0 spiro atoms. The van der Waals surface area contributed by atoms with Gasteiger partial charge in [-0.05, 0) is 48.8 Å². The second-order valence-corrected chi connectivity index (χ2v) is 5.61. The van der Waals surface area contributed by atoms with Crippen LogP contribution in [0.25, 0.3) is 0 Å². The van der Waals surface area contributed by atoms with Gasteiger partial charge < -0.3 is 9.88 Å². The van der Waals surface area contributed by atoms with E-state index >= 15 is 0 Å². The second-order valence-electron chi connectivity index (χ2n) is 4.60. The number of aromatic nitrogens is 3. The molecule has 0 saturated heterocycles. The summed E-state index contributed by atoms with van der Waals surface area (Å²) in [5.41, 5.74) is 2.61. The monoisotopic (exact) mass is 276 g/mol. The standard InChI is InChI=1S/C14H20N4S/c1-4-7-15-9-12-5-6-13(11(2)8-12)19-14-17-16-10-18(14)3/h5-6,8,10,15H,4,7,9H2,1-3H3. The molecule has 1 aromatic carbocycles. The number of aryl methyl sites for hydroxylation is 2. The van der Waals surface area contributed by atoms with E-state index in [1.165, 1.54) is 22.4 Å². The van der Waals surface area contributed by atoms with Crippen LogP contribution in [-0.4, -0.2) is 21.3 Å². The van der Waals surface area contributed by atoms with Gasteiger partial charge in [0, 0.05) is 18.5 Å². The quantitative estimate of drug-likeness (QED) is 0.824. The van der Waals surface area contributed by atoms with Crippen LogP contribution >= 0.6 is 11.8 Å². The third-order valence-electron chi connectivity index (χ3n) is 2.87. The summed E-state index contributed by atoms with van der Waals surface area (Å²) in [5.74, 6) is 0. The molecule has 102 valence electrons. The van der Waals surface area contributed by atoms with E-state index in [2.05, 4.69) is 47.6 Å². The summed E-state index contributed by atoms with van der Waals surface area (Å²) in [6, 6.07) is 6.58. The molecule has 2 aromatic rings. The van der Waals surface area contributed by atoms with Crippen molar-refractivity contribution in [3.8, 4) is 0 Å². The van der Waals surface area contributed by atoms with Crippen molar-refractivity contribution in [3.05, 3.63) is 35.7 Å². The Balaban J connectivity index is 2.05. The fourth-order valence-electron chi connectivity index (χ4n) is 1.81. The first kappa shape index (κ1) is 14.1. The van der Waals surface area contributed by atoms with Crippen molar-refractivity contribution in [1.29, 1.82) is 0 Å². The molecule has 1 aromatic heterocycles. The van der Waals surface area contributed by atoms with E-state index in [9.17, 15) is 0 Å². The van der Waals surface area contributed by atoms with Gasteiger partial charge >= 0.3 is 0 Å². The predicted molar refractivity (Wildman–Crippen MR) is 78.3 cm³/mol. The lowest BCUT2D eigenvalue weighted by atomic mass is 10.1. The highest BCUT2D eigenvalue weighted by Crippen LogP contribution is 2.28. The van der Waals surface area contributed by atoms with Crippen molar-refractivity contribution in [1.82, 2.24) is 20.1 Å². The Bertz CT molecular complexity index is 536. The van der Waals surface area contributed by atoms with Gasteiger partial charge in [-0.3, -0.25) is 0 Å². The minimum atomic E-state index is 0.917. The van der Waals surface area contributed by atoms with Crippen LogP contribution in [0.1, 0.15) is 24.5 Å². The van der Waals surface area contributed by atoms with E-state index in [1.807, 2.05) is 11.6 Å². The largest absolute Gasteiger partial charge is 0.313 e. The van der Waals surface area contributed by atoms with E-state index in [-0.39, 0.29) is 0 Å². The Morgan fingerprint density at radius 1 is 1.37 bits per heavy atom. The summed E-state index contributed by atoms with van der Waals surface area (Å²) in [5, 5.41) is 12.3. The molecule has 5 heteroatoms. The van der Waals surface area contributed by atoms with Gasteiger partial charge in [0.25, 0.3) is 0 Å². The molecule has 0 fully saturated rings. The van der Waals surface area contributed by atoms with Crippen molar-refractivity contribution >= 4 is 11.8 Å². The fourth-order valence-corrected chi connectivity index (χ4v) is 2.64. The zero-order chi connectivity index (χ0) is 13.7. The van der Waals surface area contributed by atoms with E-state index in [0.717, 1.165) is 18.2 Å². The number of rotatable bonds is 6. The van der Waals surface area contributed by atoms with Crippen LogP contribution in [-0.2, 0) is 13.6 Å². The van der Waals surface area contributed by atoms with Gasteiger partial charge in [-0.1, -0.05) is 19.1 Å². The summed E-state index contributed by atoms with van der Waals surface area (Å²) in [7, 11) is 1.96. The van der Waals surface area contributed by atoms with Crippen molar-refractivity contribution in [2.24, 2.45) is 7.05 Å². The van der Waals surface area contributed by atoms with Crippen molar-refractivity contribution in [2.45, 2.75) is 36.9 Å². The summed E-state index contributed by atoms with van der Waals surface area (Å²) in [4.78, 5) is 1.23. The highest BCUT2D eigenvalue weighted by atomic mass is 32.2. The Kier molecular flexibility index (Phi) is 4.99. The number of nitrogens with zero attached hydrogens (tertiary/aromatic N) is 3. The SMILES string of the molecule is CCCNCc1ccc(Sc2nncn2C)c(C)c1. The Morgan fingerprint density at radius 2 is 2.21 bits per heavy atom. The smallest absolute Gasteiger partial charge is 0.195 e. The van der Waals surface area contributed by atoms with Crippen LogP contribution in [0.4, 0.5) is 0 Å². The molecule has 1 N–H and O–H groups in total. The summed E-state index contributed by atoms with van der Waals surface area (Å²) in [6.07, 6.45) is 2.89. The maximum atomic E-state index is 4.10. The third kappa shape index (κ3) is 3.81. The third-order valence-corrected chi connectivity index (χ3v) is 4.10. The molecule has 0 aliphatic carbocycles. The topological polar surface area (TPSA) is 42.7 Å². The summed E-state index contributed by atoms with van der Waals surface area (Å²) >= 11 is 1.65. The van der Waals surface area contributed by atoms with E-state index in [0.29, 0.717) is 0 Å². The number of nitrogens with one attached hydrogen (secondary N) is 1. The first-order valence-corrected chi connectivity index (χ1v) is 7.34. The van der Waals surface area contributed by atoms with Gasteiger partial charge in [0.1, 0.15) is 6.33 Å². The first-order chi connectivity index (χ1) is 9.20. The average molecular weight is 276 g/mol. The van der Waals surface area contributed by atoms with E-state index < -0.39 is 0 Å². The Hall–Kier alpha value is -1.33. The maximum Gasteiger partial charge on any atom is 0.195 e. The lowest BCUT2D eigenvalue weighted by Crippen LogP contribution is -2.13. The van der Waals surface area contributed by atoms with Crippen LogP contribution in [0, 0.1) is 6.92 Å². The zero-order valence-electron chi connectivity index (χ0n) is 11.7. The first-order valence-electron chi connectivity index (χ1n) is 6.52. The molecule has 0 bridgehead atoms. The Labute approximate surface area is 118 Å². The van der Waals surface area contributed by atoms with Crippen LogP contribution in [0.5, 0.6) is 0 Å². The minimum absolute atomic E-state index is 0.917. The maximum absolute atomic E-state index is 4.10. The van der Waals surface area contributed by atoms with Gasteiger partial charge in [0.2, 0.25) is 0 Å². The second kappa shape index (κ2) is 6.73. The molecule has 4 nitrogen and oxygen atoms in total. The molecule has 19 heavy (non-hydrogen) atoms. The minimum Gasteiger partial charge on any atom is -0.313 e. The Morgan fingerprint density at radius 3 is 2.84 bits per heavy atom. The zero-order valence-corrected chi connectivity index (χ0v) is 12.5. The fraction of sp³-hybridized carbons (Fsp3) is 0.429. The van der Waals surface area contributed by atoms with Crippen LogP contribution in [0.2, 0.25) is 0 Å². The molecular weight excluding hydrogens is 256 g/mol.